The number of carboxylic acids is 1. The van der Waals surface area contributed by atoms with Gasteiger partial charge in [-0.2, -0.15) is 0 Å². The van der Waals surface area contributed by atoms with E-state index < -0.39 is 11.4 Å². The predicted molar refractivity (Wildman–Crippen MR) is 71.8 cm³/mol. The lowest BCUT2D eigenvalue weighted by atomic mass is 9.76. The van der Waals surface area contributed by atoms with Gasteiger partial charge >= 0.3 is 5.97 Å². The topological polar surface area (TPSA) is 70.8 Å². The fraction of sp³-hybridized carbons (Fsp3) is 0.538. The summed E-state index contributed by atoms with van der Waals surface area (Å²) in [6, 6.07) is 1.60. The van der Waals surface area contributed by atoms with Gasteiger partial charge in [0.1, 0.15) is 6.26 Å². The van der Waals surface area contributed by atoms with Crippen LogP contribution in [-0.2, 0) is 4.79 Å². The Labute approximate surface area is 119 Å². The molecule has 0 bridgehead atoms. The summed E-state index contributed by atoms with van der Waals surface area (Å²) in [4.78, 5) is 25.3. The largest absolute Gasteiger partial charge is 0.481 e. The van der Waals surface area contributed by atoms with E-state index >= 15 is 0 Å². The van der Waals surface area contributed by atoms with Crippen LogP contribution in [0.4, 0.5) is 0 Å². The highest BCUT2D eigenvalue weighted by molar-refractivity contribution is 9.10. The lowest BCUT2D eigenvalue weighted by Crippen LogP contribution is -2.40. The molecule has 1 atom stereocenters. The molecular weight excluding hydrogens is 314 g/mol. The van der Waals surface area contributed by atoms with E-state index in [1.165, 1.54) is 6.26 Å². The van der Waals surface area contributed by atoms with Gasteiger partial charge in [-0.15, -0.1) is 0 Å². The second kappa shape index (κ2) is 5.00. The fourth-order valence-electron chi connectivity index (χ4n) is 2.50. The van der Waals surface area contributed by atoms with Crippen LogP contribution in [0.1, 0.15) is 30.6 Å². The molecule has 0 radical (unpaired) electrons. The molecule has 0 spiro atoms. The molecule has 5 nitrogen and oxygen atoms in total. The van der Waals surface area contributed by atoms with Crippen molar-refractivity contribution in [3.63, 3.8) is 0 Å². The Bertz CT molecular complexity index is 510. The second-order valence-corrected chi connectivity index (χ2v) is 6.01. The molecule has 19 heavy (non-hydrogen) atoms. The van der Waals surface area contributed by atoms with Crippen LogP contribution in [-0.4, -0.2) is 35.0 Å². The number of amides is 1. The molecule has 1 aromatic heterocycles. The molecule has 2 rings (SSSR count). The third-order valence-corrected chi connectivity index (χ3v) is 4.35. The normalized spacial score (nSPS) is 23.1. The predicted octanol–water partition coefficient (Wildman–Crippen LogP) is 2.62. The van der Waals surface area contributed by atoms with Gasteiger partial charge in [-0.1, -0.05) is 13.8 Å². The maximum atomic E-state index is 12.2. The zero-order valence-electron chi connectivity index (χ0n) is 10.9. The van der Waals surface area contributed by atoms with Crippen molar-refractivity contribution < 1.29 is 19.1 Å². The molecule has 6 heteroatoms. The first-order valence-electron chi connectivity index (χ1n) is 6.13. The van der Waals surface area contributed by atoms with Gasteiger partial charge in [0.2, 0.25) is 0 Å². The molecule has 1 saturated heterocycles. The Balaban J connectivity index is 2.18. The highest BCUT2D eigenvalue weighted by Gasteiger charge is 2.48. The number of halogens is 1. The average Bonchev–Trinajstić information content (AvgIpc) is 2.94. The minimum Gasteiger partial charge on any atom is -0.481 e. The molecule has 0 aliphatic carbocycles. The maximum Gasteiger partial charge on any atom is 0.311 e. The van der Waals surface area contributed by atoms with Gasteiger partial charge in [-0.25, -0.2) is 0 Å². The molecule has 104 valence electrons. The highest BCUT2D eigenvalue weighted by Crippen LogP contribution is 2.38. The van der Waals surface area contributed by atoms with Crippen molar-refractivity contribution in [1.29, 1.82) is 0 Å². The van der Waals surface area contributed by atoms with Crippen molar-refractivity contribution in [3.8, 4) is 0 Å². The Kier molecular flexibility index (Phi) is 3.71. The maximum absolute atomic E-state index is 12.2. The van der Waals surface area contributed by atoms with Crippen LogP contribution in [0.25, 0.3) is 0 Å². The molecule has 0 aromatic carbocycles. The van der Waals surface area contributed by atoms with Gasteiger partial charge in [0.15, 0.2) is 4.67 Å². The summed E-state index contributed by atoms with van der Waals surface area (Å²) in [5.74, 6) is -1.02. The number of furan rings is 1. The average molecular weight is 330 g/mol. The smallest absolute Gasteiger partial charge is 0.311 e. The molecular formula is C13H16BrNO4. The van der Waals surface area contributed by atoms with Gasteiger partial charge in [-0.3, -0.25) is 9.59 Å². The van der Waals surface area contributed by atoms with Gasteiger partial charge in [0, 0.05) is 19.2 Å². The first-order chi connectivity index (χ1) is 8.86. The summed E-state index contributed by atoms with van der Waals surface area (Å²) in [6.45, 7) is 4.49. The minimum atomic E-state index is -0.837. The number of rotatable bonds is 3. The van der Waals surface area contributed by atoms with Crippen LogP contribution in [0.15, 0.2) is 21.4 Å². The number of hydrogen-bond donors (Lipinski definition) is 1. The van der Waals surface area contributed by atoms with Crippen molar-refractivity contribution in [2.75, 3.05) is 13.1 Å². The van der Waals surface area contributed by atoms with Gasteiger partial charge in [0.05, 0.1) is 11.0 Å². The minimum absolute atomic E-state index is 0.0149. The second-order valence-electron chi connectivity index (χ2n) is 5.23. The van der Waals surface area contributed by atoms with E-state index in [0.717, 1.165) is 0 Å². The zero-order chi connectivity index (χ0) is 14.2. The number of carbonyl (C=O) groups excluding carboxylic acids is 1. The van der Waals surface area contributed by atoms with Crippen molar-refractivity contribution in [2.45, 2.75) is 20.3 Å². The summed E-state index contributed by atoms with van der Waals surface area (Å²) in [7, 11) is 0. The number of aliphatic carboxylic acids is 1. The van der Waals surface area contributed by atoms with E-state index in [9.17, 15) is 14.7 Å². The summed E-state index contributed by atoms with van der Waals surface area (Å²) >= 11 is 3.15. The van der Waals surface area contributed by atoms with E-state index in [1.54, 1.807) is 11.0 Å². The molecule has 1 unspecified atom stereocenters. The number of carboxylic acid groups (broad SMARTS) is 1. The van der Waals surface area contributed by atoms with E-state index in [2.05, 4.69) is 15.9 Å². The van der Waals surface area contributed by atoms with Crippen LogP contribution in [0.2, 0.25) is 0 Å². The first kappa shape index (κ1) is 14.1. The molecule has 1 N–H and O–H groups in total. The summed E-state index contributed by atoms with van der Waals surface area (Å²) in [6.07, 6.45) is 1.87. The summed E-state index contributed by atoms with van der Waals surface area (Å²) < 4.78 is 5.53. The molecule has 1 aliphatic rings. The fourth-order valence-corrected chi connectivity index (χ4v) is 2.84. The number of hydrogen-bond acceptors (Lipinski definition) is 3. The standard InChI is InChI=1S/C13H16BrNO4/c1-8(2)13(12(17)18)3-4-15(7-13)11(16)9-5-10(14)19-6-9/h5-6,8H,3-4,7H2,1-2H3,(H,17,18). The van der Waals surface area contributed by atoms with Crippen LogP contribution in [0.5, 0.6) is 0 Å². The molecule has 1 fully saturated rings. The highest BCUT2D eigenvalue weighted by atomic mass is 79.9. The SMILES string of the molecule is CC(C)C1(C(=O)O)CCN(C(=O)c2coc(Br)c2)C1. The molecule has 2 heterocycles. The number of nitrogens with zero attached hydrogens (tertiary/aromatic N) is 1. The first-order valence-corrected chi connectivity index (χ1v) is 6.93. The van der Waals surface area contributed by atoms with Crippen molar-refractivity contribution in [2.24, 2.45) is 11.3 Å². The quantitative estimate of drug-likeness (QED) is 0.925. The Hall–Kier alpha value is -1.30. The number of likely N-dealkylation sites (tertiary alicyclic amines) is 1. The summed E-state index contributed by atoms with van der Waals surface area (Å²) in [5, 5.41) is 9.44. The lowest BCUT2D eigenvalue weighted by Gasteiger charge is -2.28. The van der Waals surface area contributed by atoms with Gasteiger partial charge in [-0.05, 0) is 28.3 Å². The Morgan fingerprint density at radius 3 is 2.63 bits per heavy atom. The Morgan fingerprint density at radius 1 is 1.53 bits per heavy atom. The van der Waals surface area contributed by atoms with Crippen molar-refractivity contribution in [1.82, 2.24) is 4.90 Å². The van der Waals surface area contributed by atoms with Crippen LogP contribution < -0.4 is 0 Å². The zero-order valence-corrected chi connectivity index (χ0v) is 12.4. The number of carbonyl (C=O) groups is 2. The monoisotopic (exact) mass is 329 g/mol. The third kappa shape index (κ3) is 2.41. The third-order valence-electron chi connectivity index (χ3n) is 3.93. The summed E-state index contributed by atoms with van der Waals surface area (Å²) in [5.41, 5.74) is -0.395. The molecule has 0 saturated carbocycles. The van der Waals surface area contributed by atoms with E-state index in [-0.39, 0.29) is 18.4 Å². The van der Waals surface area contributed by atoms with Gasteiger partial charge < -0.3 is 14.4 Å². The molecule has 1 aliphatic heterocycles. The van der Waals surface area contributed by atoms with Gasteiger partial charge in [0.25, 0.3) is 5.91 Å². The van der Waals surface area contributed by atoms with Crippen LogP contribution in [0, 0.1) is 11.3 Å². The van der Waals surface area contributed by atoms with E-state index in [0.29, 0.717) is 23.2 Å². The van der Waals surface area contributed by atoms with Crippen molar-refractivity contribution >= 4 is 27.8 Å². The lowest BCUT2D eigenvalue weighted by molar-refractivity contribution is -0.150. The van der Waals surface area contributed by atoms with Crippen LogP contribution >= 0.6 is 15.9 Å². The van der Waals surface area contributed by atoms with Crippen molar-refractivity contribution in [3.05, 3.63) is 22.6 Å². The van der Waals surface area contributed by atoms with E-state index in [1.807, 2.05) is 13.8 Å². The Morgan fingerprint density at radius 2 is 2.21 bits per heavy atom. The molecule has 1 amide bonds. The molecule has 1 aromatic rings. The van der Waals surface area contributed by atoms with Crippen LogP contribution in [0.3, 0.4) is 0 Å². The van der Waals surface area contributed by atoms with E-state index in [4.69, 9.17) is 4.42 Å².